The van der Waals surface area contributed by atoms with Gasteiger partial charge in [-0.05, 0) is 37.5 Å². The van der Waals surface area contributed by atoms with Gasteiger partial charge in [0.05, 0.1) is 25.2 Å². The summed E-state index contributed by atoms with van der Waals surface area (Å²) in [6, 6.07) is 5.93. The van der Waals surface area contributed by atoms with Crippen LogP contribution in [0.15, 0.2) is 23.2 Å². The van der Waals surface area contributed by atoms with Gasteiger partial charge in [0, 0.05) is 32.3 Å². The molecule has 1 fully saturated rings. The molecule has 0 spiro atoms. The van der Waals surface area contributed by atoms with E-state index in [0.717, 1.165) is 31.6 Å². The van der Waals surface area contributed by atoms with Gasteiger partial charge in [-0.2, -0.15) is 4.98 Å². The van der Waals surface area contributed by atoms with Gasteiger partial charge in [0.1, 0.15) is 5.75 Å². The van der Waals surface area contributed by atoms with Gasteiger partial charge < -0.3 is 14.8 Å². The second-order valence-electron chi connectivity index (χ2n) is 8.08. The molecule has 3 aliphatic heterocycles. The molecule has 0 radical (unpaired) electrons. The summed E-state index contributed by atoms with van der Waals surface area (Å²) < 4.78 is 12.8. The number of carbonyl (C=O) groups is 1. The van der Waals surface area contributed by atoms with Crippen molar-refractivity contribution in [3.63, 3.8) is 0 Å². The van der Waals surface area contributed by atoms with Crippen LogP contribution in [0.1, 0.15) is 35.8 Å². The highest BCUT2D eigenvalue weighted by Crippen LogP contribution is 2.34. The van der Waals surface area contributed by atoms with Gasteiger partial charge >= 0.3 is 0 Å². The standard InChI is InChI=1S/C22H27ClN6O3/c1-3-27-20(30)18-19(28-9-8-24-22(27)28)26-21(25-15-6-10-32-11-7-15)29(18)13-14-4-5-17(31-2)16(23)12-14/h4-5,12,15H,3,6-11,13H2,1-2H3,(H,25,26)/i19+2. The minimum Gasteiger partial charge on any atom is -0.495 e. The SMILES string of the molecule is CCN1C(=O)c2[14c](nc(NC3CCOCC3)n2Cc2ccc(OC)c(Cl)c2)N2CCN=C12. The van der Waals surface area contributed by atoms with Crippen LogP contribution in [0.25, 0.3) is 0 Å². The molecule has 32 heavy (non-hydrogen) atoms. The molecular weight excluding hydrogens is 434 g/mol. The lowest BCUT2D eigenvalue weighted by Crippen LogP contribution is -2.50. The average molecular weight is 461 g/mol. The van der Waals surface area contributed by atoms with E-state index < -0.39 is 0 Å². The van der Waals surface area contributed by atoms with Crippen molar-refractivity contribution in [1.29, 1.82) is 0 Å². The van der Waals surface area contributed by atoms with E-state index in [4.69, 9.17) is 26.1 Å². The molecule has 1 N–H and O–H groups in total. The summed E-state index contributed by atoms with van der Waals surface area (Å²) >= 11 is 6.38. The monoisotopic (exact) mass is 460 g/mol. The predicted octanol–water partition coefficient (Wildman–Crippen LogP) is 2.84. The lowest BCUT2D eigenvalue weighted by molar-refractivity contribution is 0.0835. The highest BCUT2D eigenvalue weighted by molar-refractivity contribution is 6.32. The zero-order chi connectivity index (χ0) is 22.2. The van der Waals surface area contributed by atoms with Crippen LogP contribution in [-0.4, -0.2) is 72.3 Å². The maximum absolute atomic E-state index is 13.5. The van der Waals surface area contributed by atoms with Crippen LogP contribution < -0.4 is 15.0 Å². The van der Waals surface area contributed by atoms with E-state index >= 15 is 0 Å². The van der Waals surface area contributed by atoms with E-state index in [1.807, 2.05) is 34.6 Å². The van der Waals surface area contributed by atoms with Crippen LogP contribution >= 0.6 is 11.6 Å². The first kappa shape index (κ1) is 21.1. The summed E-state index contributed by atoms with van der Waals surface area (Å²) in [6.07, 6.45) is 1.80. The fourth-order valence-corrected chi connectivity index (χ4v) is 4.77. The van der Waals surface area contributed by atoms with Crippen LogP contribution in [0.4, 0.5) is 11.8 Å². The third kappa shape index (κ3) is 3.59. The Morgan fingerprint density at radius 2 is 2.16 bits per heavy atom. The van der Waals surface area contributed by atoms with Crippen molar-refractivity contribution in [1.82, 2.24) is 14.5 Å². The molecule has 0 aliphatic carbocycles. The number of guanidine groups is 1. The molecule has 10 heteroatoms. The summed E-state index contributed by atoms with van der Waals surface area (Å²) in [5.74, 6) is 2.59. The molecule has 170 valence electrons. The van der Waals surface area contributed by atoms with Crippen LogP contribution in [-0.2, 0) is 11.3 Å². The molecule has 2 aromatic rings. The molecule has 0 saturated carbocycles. The second-order valence-corrected chi connectivity index (χ2v) is 8.48. The van der Waals surface area contributed by atoms with E-state index in [2.05, 4.69) is 10.3 Å². The van der Waals surface area contributed by atoms with Crippen molar-refractivity contribution >= 4 is 35.2 Å². The fraction of sp³-hybridized carbons (Fsp3) is 0.500. The van der Waals surface area contributed by atoms with Crippen molar-refractivity contribution < 1.29 is 14.3 Å². The number of aromatic nitrogens is 2. The molecule has 0 bridgehead atoms. The number of methoxy groups -OCH3 is 1. The molecule has 1 amide bonds. The first-order valence-corrected chi connectivity index (χ1v) is 11.4. The zero-order valence-corrected chi connectivity index (χ0v) is 19.1. The molecule has 5 rings (SSSR count). The second kappa shape index (κ2) is 8.63. The third-order valence-electron chi connectivity index (χ3n) is 6.14. The van der Waals surface area contributed by atoms with Crippen LogP contribution in [0, 0.1) is 0 Å². The zero-order valence-electron chi connectivity index (χ0n) is 18.3. The molecule has 0 atom stereocenters. The lowest BCUT2D eigenvalue weighted by atomic mass is 10.1. The van der Waals surface area contributed by atoms with Crippen molar-refractivity contribution in [3.05, 3.63) is 34.5 Å². The average Bonchev–Trinajstić information content (AvgIpc) is 3.41. The Morgan fingerprint density at radius 3 is 2.88 bits per heavy atom. The highest BCUT2D eigenvalue weighted by atomic mass is 35.5. The minimum absolute atomic E-state index is 0.0773. The van der Waals surface area contributed by atoms with Gasteiger partial charge in [-0.3, -0.25) is 24.2 Å². The van der Waals surface area contributed by atoms with Crippen molar-refractivity contribution in [2.24, 2.45) is 4.99 Å². The van der Waals surface area contributed by atoms with Crippen LogP contribution in [0.3, 0.4) is 0 Å². The number of fused-ring (bicyclic) bond motifs is 3. The number of halogens is 1. The van der Waals surface area contributed by atoms with Crippen LogP contribution in [0.2, 0.25) is 5.02 Å². The number of rotatable bonds is 6. The van der Waals surface area contributed by atoms with Gasteiger partial charge in [-0.15, -0.1) is 0 Å². The molecule has 1 saturated heterocycles. The number of aliphatic imine (C=N–C) groups is 1. The third-order valence-corrected chi connectivity index (χ3v) is 6.44. The number of nitrogens with one attached hydrogen (secondary N) is 1. The molecule has 9 nitrogen and oxygen atoms in total. The number of amides is 1. The summed E-state index contributed by atoms with van der Waals surface area (Å²) in [6.45, 7) is 5.79. The first-order valence-electron chi connectivity index (χ1n) is 11.0. The topological polar surface area (TPSA) is 84.2 Å². The predicted molar refractivity (Wildman–Crippen MR) is 123 cm³/mol. The maximum atomic E-state index is 13.5. The number of imidazole rings is 1. The van der Waals surface area contributed by atoms with E-state index in [-0.39, 0.29) is 11.9 Å². The summed E-state index contributed by atoms with van der Waals surface area (Å²) in [4.78, 5) is 26.8. The number of carbonyl (C=O) groups excluding carboxylic acids is 1. The normalized spacial score (nSPS) is 18.5. The molecule has 4 heterocycles. The molecule has 1 aromatic heterocycles. The van der Waals surface area contributed by atoms with Gasteiger partial charge in [0.2, 0.25) is 11.9 Å². The van der Waals surface area contributed by atoms with Gasteiger partial charge in [-0.25, -0.2) is 0 Å². The number of hydrogen-bond donors (Lipinski definition) is 1. The minimum atomic E-state index is -0.0773. The maximum Gasteiger partial charge on any atom is 0.281 e. The summed E-state index contributed by atoms with van der Waals surface area (Å²) in [5.41, 5.74) is 1.54. The Hall–Kier alpha value is -2.78. The summed E-state index contributed by atoms with van der Waals surface area (Å²) in [7, 11) is 1.59. The Morgan fingerprint density at radius 1 is 1.34 bits per heavy atom. The number of anilines is 2. The first-order chi connectivity index (χ1) is 15.6. The quantitative estimate of drug-likeness (QED) is 0.713. The van der Waals surface area contributed by atoms with E-state index in [9.17, 15) is 4.79 Å². The van der Waals surface area contributed by atoms with Gasteiger partial charge in [-0.1, -0.05) is 17.7 Å². The number of benzene rings is 1. The highest BCUT2D eigenvalue weighted by Gasteiger charge is 2.41. The van der Waals surface area contributed by atoms with E-state index in [1.165, 1.54) is 0 Å². The Kier molecular flexibility index (Phi) is 5.69. The molecule has 3 aliphatic rings. The Labute approximate surface area is 192 Å². The van der Waals surface area contributed by atoms with Gasteiger partial charge in [0.15, 0.2) is 11.5 Å². The molecule has 1 aromatic carbocycles. The lowest BCUT2D eigenvalue weighted by Gasteiger charge is -2.32. The van der Waals surface area contributed by atoms with E-state index in [1.54, 1.807) is 12.0 Å². The smallest absolute Gasteiger partial charge is 0.281 e. The van der Waals surface area contributed by atoms with Crippen molar-refractivity contribution in [2.45, 2.75) is 32.4 Å². The molecular formula is C22H27ClN6O3. The largest absolute Gasteiger partial charge is 0.495 e. The van der Waals surface area contributed by atoms with E-state index in [0.29, 0.717) is 60.4 Å². The molecule has 0 unspecified atom stereocenters. The number of nitrogens with zero attached hydrogens (tertiary/aromatic N) is 5. The Balaban J connectivity index is 1.58. The number of hydrogen-bond acceptors (Lipinski definition) is 7. The number of ether oxygens (including phenoxy) is 2. The van der Waals surface area contributed by atoms with Gasteiger partial charge in [0.25, 0.3) is 5.91 Å². The fourth-order valence-electron chi connectivity index (χ4n) is 4.49. The van der Waals surface area contributed by atoms with Crippen LogP contribution in [0.5, 0.6) is 5.75 Å². The Bertz CT molecular complexity index is 1060. The summed E-state index contributed by atoms with van der Waals surface area (Å²) in [5, 5.41) is 4.11. The van der Waals surface area contributed by atoms with Crippen molar-refractivity contribution in [2.75, 3.05) is 50.2 Å². The van der Waals surface area contributed by atoms with Crippen molar-refractivity contribution in [3.8, 4) is 5.75 Å².